The number of rotatable bonds is 2. The third-order valence-corrected chi connectivity index (χ3v) is 4.31. The monoisotopic (exact) mass is 329 g/mol. The minimum absolute atomic E-state index is 0.0505. The molecule has 0 unspecified atom stereocenters. The molecule has 22 heavy (non-hydrogen) atoms. The lowest BCUT2D eigenvalue weighted by atomic mass is 9.81. The quantitative estimate of drug-likeness (QED) is 0.407. The van der Waals surface area contributed by atoms with Crippen molar-refractivity contribution in [1.82, 2.24) is 4.98 Å². The number of aliphatic hydroxyl groups excluding tert-OH is 3. The Morgan fingerprint density at radius 2 is 1.91 bits per heavy atom. The van der Waals surface area contributed by atoms with Crippen molar-refractivity contribution in [3.63, 3.8) is 0 Å². The summed E-state index contributed by atoms with van der Waals surface area (Å²) in [5.41, 5.74) is -1.63. The van der Waals surface area contributed by atoms with E-state index in [1.807, 2.05) is 0 Å². The van der Waals surface area contributed by atoms with Gasteiger partial charge in [0.15, 0.2) is 11.7 Å². The summed E-state index contributed by atoms with van der Waals surface area (Å²) in [4.78, 5) is 2.87. The normalized spacial score (nSPS) is 39.3. The number of aromatic nitrogens is 1. The number of ether oxygens (including phenoxy) is 1. The van der Waals surface area contributed by atoms with Gasteiger partial charge in [-0.05, 0) is 17.5 Å². The van der Waals surface area contributed by atoms with Crippen LogP contribution in [0.25, 0.3) is 10.9 Å². The number of alkyl halides is 1. The number of aromatic amines is 1. The molecule has 1 aliphatic rings. The van der Waals surface area contributed by atoms with Gasteiger partial charge in [0.25, 0.3) is 5.25 Å². The fourth-order valence-electron chi connectivity index (χ4n) is 2.79. The van der Waals surface area contributed by atoms with Gasteiger partial charge in [0.05, 0.1) is 12.3 Å². The van der Waals surface area contributed by atoms with Crippen LogP contribution in [0.1, 0.15) is 5.69 Å². The zero-order chi connectivity index (χ0) is 16.1. The molecule has 1 aromatic heterocycles. The summed E-state index contributed by atoms with van der Waals surface area (Å²) < 4.78 is 4.84. The molecule has 3 rings (SSSR count). The summed E-state index contributed by atoms with van der Waals surface area (Å²) in [5, 5.41) is 48.6. The van der Waals surface area contributed by atoms with Gasteiger partial charge in [0.1, 0.15) is 12.2 Å². The lowest BCUT2D eigenvalue weighted by Gasteiger charge is -2.48. The second-order valence-corrected chi connectivity index (χ2v) is 5.93. The van der Waals surface area contributed by atoms with Crippen LogP contribution in [0.2, 0.25) is 0 Å². The summed E-state index contributed by atoms with van der Waals surface area (Å²) >= 11 is 5.68. The Kier molecular flexibility index (Phi) is 3.69. The first-order valence-electron chi connectivity index (χ1n) is 6.67. The van der Waals surface area contributed by atoms with Crippen molar-refractivity contribution < 1.29 is 30.3 Å². The molecule has 1 aromatic carbocycles. The molecule has 2 aromatic rings. The Balaban J connectivity index is 2.14. The molecule has 1 fully saturated rings. The summed E-state index contributed by atoms with van der Waals surface area (Å²) in [6.45, 7) is -0.703. The average Bonchev–Trinajstić information content (AvgIpc) is 2.93. The summed E-state index contributed by atoms with van der Waals surface area (Å²) in [5.74, 6) is 0. The van der Waals surface area contributed by atoms with E-state index in [0.717, 1.165) is 5.39 Å². The molecule has 2 heterocycles. The van der Waals surface area contributed by atoms with E-state index in [1.165, 1.54) is 6.07 Å². The van der Waals surface area contributed by atoms with Gasteiger partial charge in [-0.15, -0.1) is 0 Å². The Morgan fingerprint density at radius 3 is 2.55 bits per heavy atom. The first-order chi connectivity index (χ1) is 10.3. The van der Waals surface area contributed by atoms with Gasteiger partial charge in [-0.25, -0.2) is 0 Å². The van der Waals surface area contributed by atoms with Gasteiger partial charge in [-0.2, -0.15) is 0 Å². The Bertz CT molecular complexity index is 656. The van der Waals surface area contributed by atoms with Gasteiger partial charge in [0, 0.05) is 5.52 Å². The molecule has 0 amide bonds. The lowest BCUT2D eigenvalue weighted by molar-refractivity contribution is -0.346. The maximum Gasteiger partial charge on any atom is 0.276 e. The maximum atomic E-state index is 10.9. The second kappa shape index (κ2) is 5.17. The number of para-hydroxylation sites is 1. The minimum atomic E-state index is -2.65. The predicted octanol–water partition coefficient (Wildman–Crippen LogP) is -0.647. The molecule has 0 radical (unpaired) electrons. The van der Waals surface area contributed by atoms with E-state index in [2.05, 4.69) is 4.98 Å². The molecule has 7 nitrogen and oxygen atoms in total. The number of H-pyrrole nitrogens is 1. The molecule has 0 saturated carbocycles. The number of benzene rings is 1. The zero-order valence-electron chi connectivity index (χ0n) is 11.3. The van der Waals surface area contributed by atoms with Crippen molar-refractivity contribution in [3.05, 3.63) is 36.0 Å². The Hall–Kier alpha value is -1.19. The van der Waals surface area contributed by atoms with Crippen LogP contribution < -0.4 is 0 Å². The number of halogens is 1. The molecule has 1 aliphatic heterocycles. The van der Waals surface area contributed by atoms with E-state index in [4.69, 9.17) is 16.3 Å². The predicted molar refractivity (Wildman–Crippen MR) is 77.0 cm³/mol. The SMILES string of the molecule is OC[C@H]1O[C@](O)(Cl)[C@H](O)[C@](O)(c2cc3ccccc3[nH]2)[C@H]1O. The minimum Gasteiger partial charge on any atom is -0.394 e. The molecular weight excluding hydrogens is 314 g/mol. The van der Waals surface area contributed by atoms with E-state index < -0.39 is 35.8 Å². The van der Waals surface area contributed by atoms with Gasteiger partial charge in [-0.1, -0.05) is 29.8 Å². The van der Waals surface area contributed by atoms with Gasteiger partial charge in [0.2, 0.25) is 0 Å². The third kappa shape index (κ3) is 2.14. The van der Waals surface area contributed by atoms with E-state index in [0.29, 0.717) is 5.52 Å². The van der Waals surface area contributed by atoms with E-state index in [1.54, 1.807) is 24.3 Å². The Labute approximate surface area is 130 Å². The fraction of sp³-hybridized carbons (Fsp3) is 0.429. The standard InChI is InChI=1S/C14H16ClNO6/c15-14(21)12(19)13(20,11(18)9(6-17)22-14)10-5-7-3-1-2-4-8(7)16-10/h1-5,9,11-12,16-21H,6H2/t9-,11+,12-,13+,14+/m1/s1. The molecule has 0 spiro atoms. The number of nitrogens with one attached hydrogen (secondary N) is 1. The van der Waals surface area contributed by atoms with Crippen molar-refractivity contribution in [2.75, 3.05) is 6.61 Å². The van der Waals surface area contributed by atoms with E-state index >= 15 is 0 Å². The molecule has 6 N–H and O–H groups in total. The van der Waals surface area contributed by atoms with Crippen LogP contribution in [0.4, 0.5) is 0 Å². The van der Waals surface area contributed by atoms with Crippen molar-refractivity contribution in [1.29, 1.82) is 0 Å². The highest BCUT2D eigenvalue weighted by Gasteiger charge is 2.62. The number of hydrogen-bond donors (Lipinski definition) is 6. The topological polar surface area (TPSA) is 126 Å². The first kappa shape index (κ1) is 15.7. The van der Waals surface area contributed by atoms with Crippen LogP contribution in [0.5, 0.6) is 0 Å². The van der Waals surface area contributed by atoms with Crippen LogP contribution in [0.3, 0.4) is 0 Å². The van der Waals surface area contributed by atoms with Crippen LogP contribution in [-0.2, 0) is 10.3 Å². The van der Waals surface area contributed by atoms with Gasteiger partial charge in [-0.3, -0.25) is 0 Å². The number of hydrogen-bond acceptors (Lipinski definition) is 6. The van der Waals surface area contributed by atoms with Crippen molar-refractivity contribution >= 4 is 22.5 Å². The van der Waals surface area contributed by atoms with Crippen LogP contribution in [0.15, 0.2) is 30.3 Å². The van der Waals surface area contributed by atoms with Crippen molar-refractivity contribution in [2.24, 2.45) is 0 Å². The molecule has 120 valence electrons. The molecule has 0 aliphatic carbocycles. The second-order valence-electron chi connectivity index (χ2n) is 5.39. The third-order valence-electron chi connectivity index (χ3n) is 4.02. The molecular formula is C14H16ClNO6. The highest BCUT2D eigenvalue weighted by atomic mass is 35.5. The van der Waals surface area contributed by atoms with Gasteiger partial charge >= 0.3 is 0 Å². The molecule has 5 atom stereocenters. The number of aliphatic hydroxyl groups is 5. The maximum absolute atomic E-state index is 10.9. The van der Waals surface area contributed by atoms with E-state index in [-0.39, 0.29) is 5.69 Å². The summed E-state index contributed by atoms with van der Waals surface area (Å²) in [7, 11) is 0. The van der Waals surface area contributed by atoms with Crippen molar-refractivity contribution in [2.45, 2.75) is 29.2 Å². The van der Waals surface area contributed by atoms with E-state index in [9.17, 15) is 25.5 Å². The van der Waals surface area contributed by atoms with Crippen LogP contribution >= 0.6 is 11.6 Å². The average molecular weight is 330 g/mol. The highest BCUT2D eigenvalue weighted by molar-refractivity contribution is 6.22. The van der Waals surface area contributed by atoms with Crippen LogP contribution in [-0.4, -0.2) is 60.7 Å². The van der Waals surface area contributed by atoms with Gasteiger partial charge < -0.3 is 35.3 Å². The number of fused-ring (bicyclic) bond motifs is 1. The highest BCUT2D eigenvalue weighted by Crippen LogP contribution is 2.43. The molecule has 1 saturated heterocycles. The van der Waals surface area contributed by atoms with Crippen LogP contribution in [0, 0.1) is 0 Å². The largest absolute Gasteiger partial charge is 0.394 e. The Morgan fingerprint density at radius 1 is 1.23 bits per heavy atom. The fourth-order valence-corrected chi connectivity index (χ4v) is 3.07. The molecule has 8 heteroatoms. The van der Waals surface area contributed by atoms with Crippen molar-refractivity contribution in [3.8, 4) is 0 Å². The summed E-state index contributed by atoms with van der Waals surface area (Å²) in [6, 6.07) is 8.60. The molecule has 0 bridgehead atoms. The lowest BCUT2D eigenvalue weighted by Crippen LogP contribution is -2.68. The smallest absolute Gasteiger partial charge is 0.276 e. The summed E-state index contributed by atoms with van der Waals surface area (Å²) in [6.07, 6.45) is -5.13. The first-order valence-corrected chi connectivity index (χ1v) is 7.05. The zero-order valence-corrected chi connectivity index (χ0v) is 12.1.